The zero-order valence-electron chi connectivity index (χ0n) is 11.3. The van der Waals surface area contributed by atoms with E-state index in [9.17, 15) is 20.1 Å². The summed E-state index contributed by atoms with van der Waals surface area (Å²) in [6.45, 7) is 5.43. The molecule has 0 aromatic rings. The smallest absolute Gasteiger partial charge is 0.218 e. The van der Waals surface area contributed by atoms with Crippen LogP contribution in [0.5, 0.6) is 0 Å². The Morgan fingerprint density at radius 2 is 2.06 bits per heavy atom. The number of rotatable bonds is 5. The van der Waals surface area contributed by atoms with Crippen molar-refractivity contribution in [3.8, 4) is 0 Å². The number of carbonyl (C=O) groups is 1. The Bertz CT molecular complexity index is 300. The number of aliphatic hydroxyl groups is 3. The van der Waals surface area contributed by atoms with Crippen molar-refractivity contribution in [2.75, 3.05) is 13.2 Å². The molecule has 0 unspecified atom stereocenters. The molecule has 6 heteroatoms. The maximum Gasteiger partial charge on any atom is 0.218 e. The number of likely N-dealkylation sites (tertiary alicyclic amines) is 1. The molecule has 0 aromatic carbocycles. The van der Waals surface area contributed by atoms with Crippen LogP contribution in [0.2, 0.25) is 0 Å². The van der Waals surface area contributed by atoms with Crippen LogP contribution in [0, 0.1) is 0 Å². The van der Waals surface area contributed by atoms with Crippen molar-refractivity contribution < 1.29 is 20.1 Å². The summed E-state index contributed by atoms with van der Waals surface area (Å²) in [5.41, 5.74) is -1.03. The Morgan fingerprint density at radius 3 is 2.50 bits per heavy atom. The van der Waals surface area contributed by atoms with Gasteiger partial charge in [0, 0.05) is 13.5 Å². The van der Waals surface area contributed by atoms with E-state index < -0.39 is 23.9 Å². The predicted molar refractivity (Wildman–Crippen MR) is 66.7 cm³/mol. The van der Waals surface area contributed by atoms with E-state index in [1.165, 1.54) is 6.92 Å². The summed E-state index contributed by atoms with van der Waals surface area (Å²) in [5.74, 6) is -0.274. The van der Waals surface area contributed by atoms with Crippen LogP contribution >= 0.6 is 0 Å². The first kappa shape index (κ1) is 15.4. The van der Waals surface area contributed by atoms with Crippen molar-refractivity contribution in [2.24, 2.45) is 0 Å². The van der Waals surface area contributed by atoms with Gasteiger partial charge in [-0.15, -0.1) is 0 Å². The summed E-state index contributed by atoms with van der Waals surface area (Å²) in [6.07, 6.45) is -0.360. The minimum atomic E-state index is -1.12. The summed E-state index contributed by atoms with van der Waals surface area (Å²) in [6, 6.07) is -0.552. The lowest BCUT2D eigenvalue weighted by Crippen LogP contribution is -2.61. The molecule has 1 aliphatic rings. The van der Waals surface area contributed by atoms with E-state index in [4.69, 9.17) is 0 Å². The zero-order chi connectivity index (χ0) is 13.9. The van der Waals surface area contributed by atoms with Gasteiger partial charge in [-0.25, -0.2) is 0 Å². The fraction of sp³-hybridized carbons (Fsp3) is 0.917. The third-order valence-electron chi connectivity index (χ3n) is 3.66. The summed E-state index contributed by atoms with van der Waals surface area (Å²) >= 11 is 0. The standard InChI is InChI=1S/C12H24N2O4/c1-4-5-6-14-9(7-15)10(17)11(18)12(14,3)13-8(2)16/h9-11,15,17-18H,4-7H2,1-3H3,(H,13,16)/t9-,10-,11+,12-/m1/s1. The minimum Gasteiger partial charge on any atom is -0.395 e. The monoisotopic (exact) mass is 260 g/mol. The second-order valence-electron chi connectivity index (χ2n) is 5.06. The number of nitrogens with one attached hydrogen (secondary N) is 1. The van der Waals surface area contributed by atoms with Crippen molar-refractivity contribution >= 4 is 5.91 Å². The molecular formula is C12H24N2O4. The summed E-state index contributed by atoms with van der Waals surface area (Å²) in [7, 11) is 0. The summed E-state index contributed by atoms with van der Waals surface area (Å²) in [5, 5.41) is 32.1. The fourth-order valence-corrected chi connectivity index (χ4v) is 2.68. The molecule has 0 bridgehead atoms. The van der Waals surface area contributed by atoms with Gasteiger partial charge in [-0.1, -0.05) is 13.3 Å². The molecule has 0 aromatic heterocycles. The third-order valence-corrected chi connectivity index (χ3v) is 3.66. The van der Waals surface area contributed by atoms with E-state index >= 15 is 0 Å². The second kappa shape index (κ2) is 5.97. The van der Waals surface area contributed by atoms with E-state index in [0.717, 1.165) is 12.8 Å². The van der Waals surface area contributed by atoms with Crippen LogP contribution in [-0.4, -0.2) is 63.2 Å². The Labute approximate surface area is 108 Å². The topological polar surface area (TPSA) is 93.0 Å². The highest BCUT2D eigenvalue weighted by Gasteiger charge is 2.55. The molecule has 1 aliphatic heterocycles. The first-order valence-corrected chi connectivity index (χ1v) is 6.41. The highest BCUT2D eigenvalue weighted by Crippen LogP contribution is 2.32. The molecule has 0 aliphatic carbocycles. The first-order chi connectivity index (χ1) is 8.38. The SMILES string of the molecule is CCCCN1[C@H](CO)[C@@H](O)[C@H](O)[C@]1(C)NC(C)=O. The molecule has 0 radical (unpaired) electrons. The molecule has 6 nitrogen and oxygen atoms in total. The second-order valence-corrected chi connectivity index (χ2v) is 5.06. The van der Waals surface area contributed by atoms with Crippen molar-refractivity contribution in [1.29, 1.82) is 0 Å². The van der Waals surface area contributed by atoms with E-state index in [2.05, 4.69) is 5.32 Å². The van der Waals surface area contributed by atoms with Crippen LogP contribution in [0.25, 0.3) is 0 Å². The molecule has 1 fully saturated rings. The van der Waals surface area contributed by atoms with Gasteiger partial charge in [0.25, 0.3) is 0 Å². The Kier molecular flexibility index (Phi) is 5.10. The van der Waals surface area contributed by atoms with Crippen molar-refractivity contribution in [2.45, 2.75) is 57.5 Å². The first-order valence-electron chi connectivity index (χ1n) is 6.41. The highest BCUT2D eigenvalue weighted by atomic mass is 16.3. The molecule has 1 amide bonds. The number of hydrogen-bond donors (Lipinski definition) is 4. The predicted octanol–water partition coefficient (Wildman–Crippen LogP) is -0.963. The van der Waals surface area contributed by atoms with E-state index in [1.807, 2.05) is 6.92 Å². The maximum absolute atomic E-state index is 11.3. The zero-order valence-corrected chi connectivity index (χ0v) is 11.3. The van der Waals surface area contributed by atoms with E-state index in [1.54, 1.807) is 11.8 Å². The lowest BCUT2D eigenvalue weighted by molar-refractivity contribution is -0.125. The lowest BCUT2D eigenvalue weighted by atomic mass is 10.0. The van der Waals surface area contributed by atoms with Crippen molar-refractivity contribution in [1.82, 2.24) is 10.2 Å². The Hall–Kier alpha value is -0.690. The highest BCUT2D eigenvalue weighted by molar-refractivity contribution is 5.74. The van der Waals surface area contributed by atoms with Gasteiger partial charge >= 0.3 is 0 Å². The van der Waals surface area contributed by atoms with Crippen LogP contribution in [0.1, 0.15) is 33.6 Å². The summed E-state index contributed by atoms with van der Waals surface area (Å²) in [4.78, 5) is 13.1. The van der Waals surface area contributed by atoms with Gasteiger partial charge in [0.15, 0.2) is 0 Å². The van der Waals surface area contributed by atoms with Gasteiger partial charge in [-0.3, -0.25) is 9.69 Å². The van der Waals surface area contributed by atoms with Crippen LogP contribution < -0.4 is 5.32 Å². The van der Waals surface area contributed by atoms with Crippen LogP contribution in [-0.2, 0) is 4.79 Å². The van der Waals surface area contributed by atoms with Crippen LogP contribution in [0.15, 0.2) is 0 Å². The number of unbranched alkanes of at least 4 members (excludes halogenated alkanes) is 1. The van der Waals surface area contributed by atoms with Gasteiger partial charge in [0.1, 0.15) is 17.9 Å². The van der Waals surface area contributed by atoms with Crippen molar-refractivity contribution in [3.05, 3.63) is 0 Å². The molecule has 1 heterocycles. The van der Waals surface area contributed by atoms with Gasteiger partial charge in [0.2, 0.25) is 5.91 Å². The minimum absolute atomic E-state index is 0.253. The third kappa shape index (κ3) is 2.66. The maximum atomic E-state index is 11.3. The van der Waals surface area contributed by atoms with Gasteiger partial charge < -0.3 is 20.6 Å². The lowest BCUT2D eigenvalue weighted by Gasteiger charge is -2.39. The quantitative estimate of drug-likeness (QED) is 0.511. The largest absolute Gasteiger partial charge is 0.395 e. The Morgan fingerprint density at radius 1 is 1.44 bits per heavy atom. The van der Waals surface area contributed by atoms with Gasteiger partial charge in [-0.05, 0) is 13.3 Å². The van der Waals surface area contributed by atoms with Crippen LogP contribution in [0.3, 0.4) is 0 Å². The van der Waals surface area contributed by atoms with E-state index in [0.29, 0.717) is 6.54 Å². The number of nitrogens with zero attached hydrogens (tertiary/aromatic N) is 1. The molecule has 106 valence electrons. The fourth-order valence-electron chi connectivity index (χ4n) is 2.68. The van der Waals surface area contributed by atoms with Crippen molar-refractivity contribution in [3.63, 3.8) is 0 Å². The number of aliphatic hydroxyl groups excluding tert-OH is 3. The van der Waals surface area contributed by atoms with Gasteiger partial charge in [-0.2, -0.15) is 0 Å². The van der Waals surface area contributed by atoms with Gasteiger partial charge in [0.05, 0.1) is 12.6 Å². The summed E-state index contributed by atoms with van der Waals surface area (Å²) < 4.78 is 0. The average Bonchev–Trinajstić information content (AvgIpc) is 2.47. The Balaban J connectivity index is 2.98. The normalized spacial score (nSPS) is 36.9. The molecule has 1 rings (SSSR count). The average molecular weight is 260 g/mol. The number of hydrogen-bond acceptors (Lipinski definition) is 5. The molecule has 18 heavy (non-hydrogen) atoms. The molecule has 4 atom stereocenters. The molecule has 0 saturated carbocycles. The molecule has 0 spiro atoms. The molecular weight excluding hydrogens is 236 g/mol. The molecule has 4 N–H and O–H groups in total. The number of carbonyl (C=O) groups excluding carboxylic acids is 1. The van der Waals surface area contributed by atoms with E-state index in [-0.39, 0.29) is 12.5 Å². The molecule has 1 saturated heterocycles. The number of amides is 1. The van der Waals surface area contributed by atoms with Crippen LogP contribution in [0.4, 0.5) is 0 Å².